The van der Waals surface area contributed by atoms with Crippen LogP contribution in [0.3, 0.4) is 0 Å². The zero-order valence-corrected chi connectivity index (χ0v) is 20.7. The summed E-state index contributed by atoms with van der Waals surface area (Å²) in [5, 5.41) is 11.7. The number of halogens is 1. The van der Waals surface area contributed by atoms with Crippen LogP contribution in [0.1, 0.15) is 35.2 Å². The molecule has 6 nitrogen and oxygen atoms in total. The molecule has 1 aromatic heterocycles. The molecule has 1 atom stereocenters. The Hall–Kier alpha value is -4.04. The average molecular weight is 503 g/mol. The van der Waals surface area contributed by atoms with E-state index in [0.717, 1.165) is 28.3 Å². The lowest BCUT2D eigenvalue weighted by molar-refractivity contribution is -0.132. The molecule has 182 valence electrons. The first kappa shape index (κ1) is 23.7. The minimum absolute atomic E-state index is 0.00922. The topological polar surface area (TPSA) is 79.7 Å². The van der Waals surface area contributed by atoms with Gasteiger partial charge in [0.25, 0.3) is 5.78 Å². The highest BCUT2D eigenvalue weighted by atomic mass is 32.1. The molecule has 0 aliphatic carbocycles. The molecule has 2 heterocycles. The fourth-order valence-electron chi connectivity index (χ4n) is 4.48. The van der Waals surface area contributed by atoms with Crippen LogP contribution in [0.15, 0.2) is 66.2 Å². The number of ketones is 1. The van der Waals surface area contributed by atoms with Gasteiger partial charge < -0.3 is 9.84 Å². The maximum Gasteiger partial charge on any atom is 0.301 e. The molecule has 1 aliphatic heterocycles. The first-order valence-electron chi connectivity index (χ1n) is 11.4. The van der Waals surface area contributed by atoms with E-state index in [0.29, 0.717) is 16.2 Å². The molecule has 36 heavy (non-hydrogen) atoms. The highest BCUT2D eigenvalue weighted by Crippen LogP contribution is 2.45. The fourth-order valence-corrected chi connectivity index (χ4v) is 5.53. The normalized spacial score (nSPS) is 17.2. The summed E-state index contributed by atoms with van der Waals surface area (Å²) in [6, 6.07) is 15.9. The number of hydrogen-bond acceptors (Lipinski definition) is 6. The number of aliphatic hydroxyl groups excluding tert-OH is 1. The molecule has 1 aliphatic rings. The van der Waals surface area contributed by atoms with Crippen LogP contribution in [0.5, 0.6) is 5.75 Å². The molecule has 0 spiro atoms. The lowest BCUT2D eigenvalue weighted by Gasteiger charge is -2.23. The summed E-state index contributed by atoms with van der Waals surface area (Å²) < 4.78 is 20.3. The molecule has 1 saturated heterocycles. The van der Waals surface area contributed by atoms with Crippen LogP contribution in [0, 0.1) is 12.7 Å². The van der Waals surface area contributed by atoms with Gasteiger partial charge in [0.05, 0.1) is 34.5 Å². The van der Waals surface area contributed by atoms with Gasteiger partial charge in [0.15, 0.2) is 5.13 Å². The smallest absolute Gasteiger partial charge is 0.301 e. The van der Waals surface area contributed by atoms with E-state index in [1.165, 1.54) is 35.5 Å². The van der Waals surface area contributed by atoms with E-state index < -0.39 is 29.3 Å². The third kappa shape index (κ3) is 3.93. The van der Waals surface area contributed by atoms with Gasteiger partial charge in [-0.15, -0.1) is 0 Å². The van der Waals surface area contributed by atoms with Gasteiger partial charge in [-0.05, 0) is 54.8 Å². The number of aryl methyl sites for hydroxylation is 2. The standard InChI is InChI=1S/C28H23FN2O4S/c1-4-16-8-10-20-22(13-16)36-28(30-20)31-24(17-7-5-6-15(2)12-17)23(26(33)27(31)34)25(32)19-14-18(29)9-11-21(19)35-3/h5-14,24,32H,4H2,1-3H3/b25-23+. The van der Waals surface area contributed by atoms with Crippen molar-refractivity contribution >= 4 is 44.1 Å². The summed E-state index contributed by atoms with van der Waals surface area (Å²) in [6.45, 7) is 3.95. The second kappa shape index (κ2) is 9.20. The van der Waals surface area contributed by atoms with Gasteiger partial charge in [-0.2, -0.15) is 0 Å². The van der Waals surface area contributed by atoms with Crippen LogP contribution < -0.4 is 9.64 Å². The molecule has 3 aromatic carbocycles. The number of rotatable bonds is 5. The molecule has 1 unspecified atom stereocenters. The van der Waals surface area contributed by atoms with Crippen LogP contribution >= 0.6 is 11.3 Å². The molecule has 5 rings (SSSR count). The third-order valence-electron chi connectivity index (χ3n) is 6.27. The number of carbonyl (C=O) groups is 2. The van der Waals surface area contributed by atoms with Crippen molar-refractivity contribution in [1.29, 1.82) is 0 Å². The monoisotopic (exact) mass is 502 g/mol. The summed E-state index contributed by atoms with van der Waals surface area (Å²) in [6.07, 6.45) is 0.854. The molecular formula is C28H23FN2O4S. The Bertz CT molecular complexity index is 1560. The minimum atomic E-state index is -0.955. The van der Waals surface area contributed by atoms with Crippen molar-refractivity contribution in [3.05, 3.63) is 94.3 Å². The lowest BCUT2D eigenvalue weighted by atomic mass is 9.94. The number of aliphatic hydroxyl groups is 1. The highest BCUT2D eigenvalue weighted by Gasteiger charge is 2.48. The lowest BCUT2D eigenvalue weighted by Crippen LogP contribution is -2.29. The number of fused-ring (bicyclic) bond motifs is 1. The predicted molar refractivity (Wildman–Crippen MR) is 138 cm³/mol. The van der Waals surface area contributed by atoms with Crippen LogP contribution in [0.25, 0.3) is 16.0 Å². The Morgan fingerprint density at radius 3 is 2.67 bits per heavy atom. The van der Waals surface area contributed by atoms with E-state index in [1.807, 2.05) is 43.3 Å². The molecule has 0 saturated carbocycles. The molecule has 0 bridgehead atoms. The van der Waals surface area contributed by atoms with Crippen LogP contribution in [0.2, 0.25) is 0 Å². The van der Waals surface area contributed by atoms with E-state index in [4.69, 9.17) is 4.74 Å². The predicted octanol–water partition coefficient (Wildman–Crippen LogP) is 5.94. The van der Waals surface area contributed by atoms with Crippen molar-refractivity contribution in [1.82, 2.24) is 4.98 Å². The van der Waals surface area contributed by atoms with Gasteiger partial charge >= 0.3 is 5.91 Å². The number of Topliss-reactive ketones (excluding diaryl/α,β-unsaturated/α-hetero) is 1. The van der Waals surface area contributed by atoms with Crippen molar-refractivity contribution in [3.8, 4) is 5.75 Å². The number of carbonyl (C=O) groups excluding carboxylic acids is 2. The zero-order chi connectivity index (χ0) is 25.6. The quantitative estimate of drug-likeness (QED) is 0.208. The number of hydrogen-bond donors (Lipinski definition) is 1. The summed E-state index contributed by atoms with van der Waals surface area (Å²) in [4.78, 5) is 32.8. The zero-order valence-electron chi connectivity index (χ0n) is 19.9. The Morgan fingerprint density at radius 2 is 1.94 bits per heavy atom. The number of aromatic nitrogens is 1. The van der Waals surface area contributed by atoms with Crippen LogP contribution in [0.4, 0.5) is 9.52 Å². The van der Waals surface area contributed by atoms with Crippen LogP contribution in [-0.4, -0.2) is 28.9 Å². The summed E-state index contributed by atoms with van der Waals surface area (Å²) in [7, 11) is 1.38. The van der Waals surface area contributed by atoms with Crippen molar-refractivity contribution in [2.45, 2.75) is 26.3 Å². The van der Waals surface area contributed by atoms with E-state index in [-0.39, 0.29) is 16.9 Å². The Balaban J connectivity index is 1.75. The maximum atomic E-state index is 14.1. The first-order chi connectivity index (χ1) is 17.3. The van der Waals surface area contributed by atoms with Gasteiger partial charge in [-0.25, -0.2) is 9.37 Å². The number of methoxy groups -OCH3 is 1. The maximum absolute atomic E-state index is 14.1. The van der Waals surface area contributed by atoms with Gasteiger partial charge in [-0.1, -0.05) is 54.2 Å². The van der Waals surface area contributed by atoms with Crippen molar-refractivity contribution in [2.24, 2.45) is 0 Å². The molecule has 1 N–H and O–H groups in total. The minimum Gasteiger partial charge on any atom is -0.507 e. The number of thiazole rings is 1. The second-order valence-corrected chi connectivity index (χ2v) is 9.59. The van der Waals surface area contributed by atoms with Crippen molar-refractivity contribution in [2.75, 3.05) is 12.0 Å². The van der Waals surface area contributed by atoms with E-state index in [2.05, 4.69) is 11.9 Å². The summed E-state index contributed by atoms with van der Waals surface area (Å²) >= 11 is 1.30. The van der Waals surface area contributed by atoms with Gasteiger partial charge in [-0.3, -0.25) is 14.5 Å². The molecule has 4 aromatic rings. The number of nitrogens with zero attached hydrogens (tertiary/aromatic N) is 2. The van der Waals surface area contributed by atoms with E-state index >= 15 is 0 Å². The number of ether oxygens (including phenoxy) is 1. The fraction of sp³-hybridized carbons (Fsp3) is 0.179. The number of benzene rings is 3. The second-order valence-electron chi connectivity index (χ2n) is 8.58. The Kier molecular flexibility index (Phi) is 6.05. The van der Waals surface area contributed by atoms with Gasteiger partial charge in [0.2, 0.25) is 0 Å². The average Bonchev–Trinajstić information content (AvgIpc) is 3.41. The summed E-state index contributed by atoms with van der Waals surface area (Å²) in [5.41, 5.74) is 3.23. The highest BCUT2D eigenvalue weighted by molar-refractivity contribution is 7.22. The molecule has 8 heteroatoms. The Labute approximate surface area is 211 Å². The van der Waals surface area contributed by atoms with Gasteiger partial charge in [0, 0.05) is 0 Å². The first-order valence-corrected chi connectivity index (χ1v) is 12.2. The number of amides is 1. The van der Waals surface area contributed by atoms with E-state index in [1.54, 1.807) is 6.07 Å². The Morgan fingerprint density at radius 1 is 1.14 bits per heavy atom. The molecule has 0 radical (unpaired) electrons. The summed E-state index contributed by atoms with van der Waals surface area (Å²) in [5.74, 6) is -2.63. The third-order valence-corrected chi connectivity index (χ3v) is 7.29. The largest absolute Gasteiger partial charge is 0.507 e. The van der Waals surface area contributed by atoms with E-state index in [9.17, 15) is 19.1 Å². The molecule has 1 fully saturated rings. The van der Waals surface area contributed by atoms with Gasteiger partial charge in [0.1, 0.15) is 17.3 Å². The number of anilines is 1. The van der Waals surface area contributed by atoms with Crippen LogP contribution in [-0.2, 0) is 16.0 Å². The SMILES string of the molecule is CCc1ccc2nc(N3C(=O)C(=O)/C(=C(/O)c4cc(F)ccc4OC)C3c3cccc(C)c3)sc2c1. The molecule has 1 amide bonds. The van der Waals surface area contributed by atoms with Crippen molar-refractivity contribution < 1.29 is 23.8 Å². The van der Waals surface area contributed by atoms with Crippen molar-refractivity contribution in [3.63, 3.8) is 0 Å². The molecular weight excluding hydrogens is 479 g/mol.